The number of amidine groups is 1. The van der Waals surface area contributed by atoms with Gasteiger partial charge in [-0.25, -0.2) is 0 Å². The number of anilines is 1. The van der Waals surface area contributed by atoms with Crippen molar-refractivity contribution in [2.75, 3.05) is 11.1 Å². The predicted octanol–water partition coefficient (Wildman–Crippen LogP) is 5.07. The topological polar surface area (TPSA) is 24.4 Å². The molecule has 0 spiro atoms. The molecule has 0 aromatic heterocycles. The van der Waals surface area contributed by atoms with Crippen LogP contribution in [0.15, 0.2) is 59.6 Å². The van der Waals surface area contributed by atoms with Crippen molar-refractivity contribution in [2.45, 2.75) is 25.8 Å². The van der Waals surface area contributed by atoms with Gasteiger partial charge in [-0.15, -0.1) is 0 Å². The fourth-order valence-electron chi connectivity index (χ4n) is 2.52. The van der Waals surface area contributed by atoms with Crippen LogP contribution in [0.25, 0.3) is 0 Å². The number of nitrogens with one attached hydrogen (secondary N) is 1. The first kappa shape index (κ1) is 14.2. The monoisotopic (exact) mass is 296 g/mol. The summed E-state index contributed by atoms with van der Waals surface area (Å²) in [4.78, 5) is 4.82. The zero-order valence-electron chi connectivity index (χ0n) is 12.4. The lowest BCUT2D eigenvalue weighted by Gasteiger charge is -2.13. The van der Waals surface area contributed by atoms with Crippen LogP contribution in [-0.4, -0.2) is 10.9 Å². The van der Waals surface area contributed by atoms with Gasteiger partial charge in [0.05, 0.1) is 6.04 Å². The Balaban J connectivity index is 1.78. The summed E-state index contributed by atoms with van der Waals surface area (Å²) < 4.78 is 0. The quantitative estimate of drug-likeness (QED) is 0.855. The third-order valence-electron chi connectivity index (χ3n) is 3.66. The molecule has 1 heterocycles. The normalized spacial score (nSPS) is 17.9. The van der Waals surface area contributed by atoms with E-state index in [9.17, 15) is 0 Å². The van der Waals surface area contributed by atoms with Gasteiger partial charge in [-0.05, 0) is 23.1 Å². The molecule has 2 aromatic rings. The van der Waals surface area contributed by atoms with Crippen LogP contribution in [0.3, 0.4) is 0 Å². The van der Waals surface area contributed by atoms with E-state index < -0.39 is 0 Å². The number of nitrogens with zero attached hydrogens (tertiary/aromatic N) is 1. The highest BCUT2D eigenvalue weighted by Gasteiger charge is 2.20. The average Bonchev–Trinajstić information content (AvgIpc) is 2.97. The lowest BCUT2D eigenvalue weighted by molar-refractivity contribution is 0.848. The highest BCUT2D eigenvalue weighted by atomic mass is 32.2. The lowest BCUT2D eigenvalue weighted by atomic mass is 10.0. The van der Waals surface area contributed by atoms with E-state index in [0.717, 1.165) is 10.9 Å². The van der Waals surface area contributed by atoms with Gasteiger partial charge >= 0.3 is 0 Å². The van der Waals surface area contributed by atoms with E-state index in [4.69, 9.17) is 4.99 Å². The minimum absolute atomic E-state index is 0.268. The zero-order chi connectivity index (χ0) is 14.7. The van der Waals surface area contributed by atoms with Gasteiger partial charge in [-0.1, -0.05) is 74.1 Å². The second-order valence-electron chi connectivity index (χ2n) is 5.54. The minimum atomic E-state index is 0.268. The maximum Gasteiger partial charge on any atom is 0.161 e. The van der Waals surface area contributed by atoms with Crippen molar-refractivity contribution in [1.29, 1.82) is 0 Å². The van der Waals surface area contributed by atoms with Crippen molar-refractivity contribution < 1.29 is 0 Å². The summed E-state index contributed by atoms with van der Waals surface area (Å²) in [7, 11) is 0. The first-order chi connectivity index (χ1) is 10.2. The van der Waals surface area contributed by atoms with Crippen LogP contribution in [0.5, 0.6) is 0 Å². The van der Waals surface area contributed by atoms with E-state index in [1.807, 2.05) is 6.07 Å². The van der Waals surface area contributed by atoms with Crippen LogP contribution >= 0.6 is 11.8 Å². The second-order valence-corrected chi connectivity index (χ2v) is 6.55. The van der Waals surface area contributed by atoms with Crippen LogP contribution in [0.2, 0.25) is 0 Å². The summed E-state index contributed by atoms with van der Waals surface area (Å²) in [6.07, 6.45) is 0. The molecule has 0 saturated carbocycles. The van der Waals surface area contributed by atoms with Crippen molar-refractivity contribution >= 4 is 22.6 Å². The summed E-state index contributed by atoms with van der Waals surface area (Å²) in [6, 6.07) is 19.3. The fourth-order valence-corrected chi connectivity index (χ4v) is 3.48. The van der Waals surface area contributed by atoms with Gasteiger partial charge in [0.2, 0.25) is 0 Å². The van der Waals surface area contributed by atoms with Crippen LogP contribution in [0, 0.1) is 0 Å². The number of para-hydroxylation sites is 1. The Morgan fingerprint density at radius 1 is 1.05 bits per heavy atom. The molecule has 2 nitrogen and oxygen atoms in total. The van der Waals surface area contributed by atoms with Crippen molar-refractivity contribution in [3.63, 3.8) is 0 Å². The van der Waals surface area contributed by atoms with E-state index in [-0.39, 0.29) is 6.04 Å². The molecule has 0 amide bonds. The maximum atomic E-state index is 4.82. The average molecular weight is 296 g/mol. The SMILES string of the molecule is CC(C)c1ccccc1NC1=NC(c2ccccc2)CS1. The fraction of sp³-hybridized carbons (Fsp3) is 0.278. The Kier molecular flexibility index (Phi) is 4.30. The van der Waals surface area contributed by atoms with Gasteiger partial charge in [-0.2, -0.15) is 0 Å². The van der Waals surface area contributed by atoms with Crippen molar-refractivity contribution in [2.24, 2.45) is 4.99 Å². The molecule has 3 rings (SSSR count). The summed E-state index contributed by atoms with van der Waals surface area (Å²) >= 11 is 1.80. The molecule has 1 aliphatic heterocycles. The molecule has 2 aromatic carbocycles. The summed E-state index contributed by atoms with van der Waals surface area (Å²) in [6.45, 7) is 4.44. The highest BCUT2D eigenvalue weighted by molar-refractivity contribution is 8.14. The Hall–Kier alpha value is -1.74. The molecule has 3 heteroatoms. The first-order valence-corrected chi connectivity index (χ1v) is 8.34. The molecule has 1 N–H and O–H groups in total. The Morgan fingerprint density at radius 3 is 2.52 bits per heavy atom. The molecule has 108 valence electrons. The smallest absolute Gasteiger partial charge is 0.161 e. The number of rotatable bonds is 3. The number of hydrogen-bond donors (Lipinski definition) is 1. The summed E-state index contributed by atoms with van der Waals surface area (Å²) in [5, 5.41) is 4.53. The molecule has 0 bridgehead atoms. The standard InChI is InChI=1S/C18H20N2S/c1-13(2)15-10-6-7-11-16(15)19-18-20-17(12-21-18)14-8-4-3-5-9-14/h3-11,13,17H,12H2,1-2H3,(H,19,20). The molecule has 0 aliphatic carbocycles. The van der Waals surface area contributed by atoms with Crippen LogP contribution in [0.1, 0.15) is 36.9 Å². The maximum absolute atomic E-state index is 4.82. The van der Waals surface area contributed by atoms with E-state index >= 15 is 0 Å². The lowest BCUT2D eigenvalue weighted by Crippen LogP contribution is -2.07. The molecule has 0 fully saturated rings. The van der Waals surface area contributed by atoms with Gasteiger partial charge < -0.3 is 5.32 Å². The molecule has 21 heavy (non-hydrogen) atoms. The molecular weight excluding hydrogens is 276 g/mol. The summed E-state index contributed by atoms with van der Waals surface area (Å²) in [5.74, 6) is 1.52. The number of thioether (sulfide) groups is 1. The predicted molar refractivity (Wildman–Crippen MR) is 93.2 cm³/mol. The van der Waals surface area contributed by atoms with Crippen LogP contribution in [-0.2, 0) is 0 Å². The minimum Gasteiger partial charge on any atom is -0.335 e. The third-order valence-corrected chi connectivity index (χ3v) is 4.62. The molecule has 0 radical (unpaired) electrons. The van der Waals surface area contributed by atoms with E-state index in [1.165, 1.54) is 16.8 Å². The van der Waals surface area contributed by atoms with E-state index in [0.29, 0.717) is 5.92 Å². The molecule has 1 aliphatic rings. The first-order valence-electron chi connectivity index (χ1n) is 7.35. The Morgan fingerprint density at radius 2 is 1.76 bits per heavy atom. The number of aliphatic imine (C=N–C) groups is 1. The van der Waals surface area contributed by atoms with Crippen LogP contribution < -0.4 is 5.32 Å². The van der Waals surface area contributed by atoms with Gasteiger partial charge in [-0.3, -0.25) is 4.99 Å². The van der Waals surface area contributed by atoms with Crippen molar-refractivity contribution in [3.05, 3.63) is 65.7 Å². The summed E-state index contributed by atoms with van der Waals surface area (Å²) in [5.41, 5.74) is 3.80. The second kappa shape index (κ2) is 6.35. The molecular formula is C18H20N2S. The van der Waals surface area contributed by atoms with Crippen molar-refractivity contribution in [1.82, 2.24) is 0 Å². The van der Waals surface area contributed by atoms with Gasteiger partial charge in [0.15, 0.2) is 5.17 Å². The highest BCUT2D eigenvalue weighted by Crippen LogP contribution is 2.32. The van der Waals surface area contributed by atoms with E-state index in [1.54, 1.807) is 11.8 Å². The number of benzene rings is 2. The van der Waals surface area contributed by atoms with Crippen LogP contribution in [0.4, 0.5) is 5.69 Å². The number of hydrogen-bond acceptors (Lipinski definition) is 3. The van der Waals surface area contributed by atoms with Gasteiger partial charge in [0.1, 0.15) is 0 Å². The molecule has 0 saturated heterocycles. The van der Waals surface area contributed by atoms with E-state index in [2.05, 4.69) is 67.7 Å². The third kappa shape index (κ3) is 3.30. The van der Waals surface area contributed by atoms with Gasteiger partial charge in [0.25, 0.3) is 0 Å². The Bertz CT molecular complexity index is 635. The van der Waals surface area contributed by atoms with Gasteiger partial charge in [0, 0.05) is 11.4 Å². The molecule has 1 unspecified atom stereocenters. The molecule has 1 atom stereocenters. The largest absolute Gasteiger partial charge is 0.335 e. The van der Waals surface area contributed by atoms with Crippen molar-refractivity contribution in [3.8, 4) is 0 Å². The Labute approximate surface area is 130 Å². The zero-order valence-corrected chi connectivity index (χ0v) is 13.2.